The SMILES string of the molecule is Cc1cccc(-c2cnc(CNCc3cccc(C(F)(F)F)c3)s2)c1. The fraction of sp³-hybridized carbons (Fsp3) is 0.211. The van der Waals surface area contributed by atoms with E-state index in [1.807, 2.05) is 31.3 Å². The van der Waals surface area contributed by atoms with Crippen molar-refractivity contribution in [3.05, 3.63) is 76.4 Å². The average Bonchev–Trinajstić information content (AvgIpc) is 3.03. The molecule has 0 bridgehead atoms. The maximum Gasteiger partial charge on any atom is 0.416 e. The van der Waals surface area contributed by atoms with Crippen molar-refractivity contribution in [2.24, 2.45) is 0 Å². The Labute approximate surface area is 148 Å². The number of aromatic nitrogens is 1. The van der Waals surface area contributed by atoms with Crippen LogP contribution in [0, 0.1) is 6.92 Å². The Morgan fingerprint density at radius 1 is 1.04 bits per heavy atom. The van der Waals surface area contributed by atoms with E-state index in [0.717, 1.165) is 21.5 Å². The Balaban J connectivity index is 1.60. The second-order valence-corrected chi connectivity index (χ2v) is 6.90. The summed E-state index contributed by atoms with van der Waals surface area (Å²) >= 11 is 1.58. The molecule has 3 aromatic rings. The quantitative estimate of drug-likeness (QED) is 0.655. The van der Waals surface area contributed by atoms with Crippen LogP contribution in [0.2, 0.25) is 0 Å². The number of alkyl halides is 3. The van der Waals surface area contributed by atoms with Gasteiger partial charge in [0.15, 0.2) is 0 Å². The largest absolute Gasteiger partial charge is 0.416 e. The van der Waals surface area contributed by atoms with Crippen LogP contribution in [0.4, 0.5) is 13.2 Å². The van der Waals surface area contributed by atoms with E-state index in [4.69, 9.17) is 0 Å². The lowest BCUT2D eigenvalue weighted by Gasteiger charge is -2.09. The van der Waals surface area contributed by atoms with Gasteiger partial charge in [0.25, 0.3) is 0 Å². The van der Waals surface area contributed by atoms with E-state index in [9.17, 15) is 13.2 Å². The minimum Gasteiger partial charge on any atom is -0.306 e. The standard InChI is InChI=1S/C19H17F3N2S/c1-13-4-2-6-15(8-13)17-11-24-18(25-17)12-23-10-14-5-3-7-16(9-14)19(20,21)22/h2-9,11,23H,10,12H2,1H3. The summed E-state index contributed by atoms with van der Waals surface area (Å²) in [5.74, 6) is 0. The van der Waals surface area contributed by atoms with E-state index in [2.05, 4.69) is 16.4 Å². The van der Waals surface area contributed by atoms with E-state index in [0.29, 0.717) is 18.7 Å². The van der Waals surface area contributed by atoms with E-state index in [1.54, 1.807) is 17.4 Å². The molecule has 25 heavy (non-hydrogen) atoms. The van der Waals surface area contributed by atoms with E-state index < -0.39 is 11.7 Å². The highest BCUT2D eigenvalue weighted by Gasteiger charge is 2.30. The molecule has 0 unspecified atom stereocenters. The van der Waals surface area contributed by atoms with Crippen LogP contribution in [0.1, 0.15) is 21.7 Å². The average molecular weight is 362 g/mol. The first-order valence-corrected chi connectivity index (χ1v) is 8.62. The summed E-state index contributed by atoms with van der Waals surface area (Å²) in [7, 11) is 0. The highest BCUT2D eigenvalue weighted by molar-refractivity contribution is 7.15. The zero-order chi connectivity index (χ0) is 17.9. The van der Waals surface area contributed by atoms with Gasteiger partial charge in [-0.3, -0.25) is 0 Å². The van der Waals surface area contributed by atoms with Gasteiger partial charge in [-0.15, -0.1) is 11.3 Å². The van der Waals surface area contributed by atoms with Crippen LogP contribution in [-0.4, -0.2) is 4.98 Å². The van der Waals surface area contributed by atoms with Crippen LogP contribution in [0.25, 0.3) is 10.4 Å². The molecule has 0 fully saturated rings. The number of rotatable bonds is 5. The molecular weight excluding hydrogens is 345 g/mol. The van der Waals surface area contributed by atoms with Crippen molar-refractivity contribution in [1.29, 1.82) is 0 Å². The maximum atomic E-state index is 12.7. The molecule has 1 aromatic heterocycles. The third-order valence-electron chi connectivity index (χ3n) is 3.72. The number of benzene rings is 2. The van der Waals surface area contributed by atoms with E-state index >= 15 is 0 Å². The number of nitrogens with zero attached hydrogens (tertiary/aromatic N) is 1. The Bertz CT molecular complexity index is 856. The van der Waals surface area contributed by atoms with Gasteiger partial charge < -0.3 is 5.32 Å². The summed E-state index contributed by atoms with van der Waals surface area (Å²) in [6, 6.07) is 13.6. The molecular formula is C19H17F3N2S. The van der Waals surface area contributed by atoms with Crippen molar-refractivity contribution in [2.45, 2.75) is 26.2 Å². The van der Waals surface area contributed by atoms with Crippen LogP contribution in [0.15, 0.2) is 54.7 Å². The first-order chi connectivity index (χ1) is 11.9. The molecule has 130 valence electrons. The molecule has 0 saturated heterocycles. The molecule has 6 heteroatoms. The Morgan fingerprint density at radius 2 is 1.84 bits per heavy atom. The maximum absolute atomic E-state index is 12.7. The van der Waals surface area contributed by atoms with E-state index in [-0.39, 0.29) is 0 Å². The monoisotopic (exact) mass is 362 g/mol. The summed E-state index contributed by atoms with van der Waals surface area (Å²) in [6.45, 7) is 2.93. The molecule has 1 heterocycles. The van der Waals surface area contributed by atoms with Crippen molar-refractivity contribution in [2.75, 3.05) is 0 Å². The molecule has 0 spiro atoms. The van der Waals surface area contributed by atoms with Crippen LogP contribution in [0.5, 0.6) is 0 Å². The van der Waals surface area contributed by atoms with Crippen LogP contribution in [-0.2, 0) is 19.3 Å². The molecule has 0 atom stereocenters. The molecule has 0 aliphatic carbocycles. The molecule has 2 nitrogen and oxygen atoms in total. The van der Waals surface area contributed by atoms with Crippen molar-refractivity contribution in [3.8, 4) is 10.4 Å². The van der Waals surface area contributed by atoms with Gasteiger partial charge in [0, 0.05) is 19.3 Å². The van der Waals surface area contributed by atoms with Crippen LogP contribution < -0.4 is 5.32 Å². The van der Waals surface area contributed by atoms with Crippen LogP contribution >= 0.6 is 11.3 Å². The van der Waals surface area contributed by atoms with Gasteiger partial charge >= 0.3 is 6.18 Å². The first-order valence-electron chi connectivity index (χ1n) is 7.80. The minimum atomic E-state index is -4.31. The molecule has 3 rings (SSSR count). The number of nitrogens with one attached hydrogen (secondary N) is 1. The predicted molar refractivity (Wildman–Crippen MR) is 94.3 cm³/mol. The predicted octanol–water partition coefficient (Wildman–Crippen LogP) is 5.43. The molecule has 0 aliphatic rings. The molecule has 0 radical (unpaired) electrons. The third-order valence-corrected chi connectivity index (χ3v) is 4.76. The third kappa shape index (κ3) is 4.67. The van der Waals surface area contributed by atoms with Gasteiger partial charge in [-0.2, -0.15) is 13.2 Å². The molecule has 0 aliphatic heterocycles. The lowest BCUT2D eigenvalue weighted by Crippen LogP contribution is -2.13. The number of hydrogen-bond donors (Lipinski definition) is 1. The molecule has 0 amide bonds. The lowest BCUT2D eigenvalue weighted by molar-refractivity contribution is -0.137. The summed E-state index contributed by atoms with van der Waals surface area (Å²) in [5.41, 5.74) is 2.30. The van der Waals surface area contributed by atoms with Gasteiger partial charge in [-0.1, -0.05) is 48.0 Å². The van der Waals surface area contributed by atoms with Gasteiger partial charge in [-0.05, 0) is 24.1 Å². The Hall–Kier alpha value is -2.18. The summed E-state index contributed by atoms with van der Waals surface area (Å²) in [6.07, 6.45) is -2.48. The number of aryl methyl sites for hydroxylation is 1. The second-order valence-electron chi connectivity index (χ2n) is 5.79. The normalized spacial score (nSPS) is 11.7. The molecule has 2 aromatic carbocycles. The lowest BCUT2D eigenvalue weighted by atomic mass is 10.1. The Kier molecular flexibility index (Phi) is 5.20. The highest BCUT2D eigenvalue weighted by atomic mass is 32.1. The first kappa shape index (κ1) is 17.6. The van der Waals surface area contributed by atoms with Crippen molar-refractivity contribution in [1.82, 2.24) is 10.3 Å². The zero-order valence-electron chi connectivity index (χ0n) is 13.6. The second kappa shape index (κ2) is 7.37. The Morgan fingerprint density at radius 3 is 2.60 bits per heavy atom. The smallest absolute Gasteiger partial charge is 0.306 e. The van der Waals surface area contributed by atoms with Crippen molar-refractivity contribution in [3.63, 3.8) is 0 Å². The summed E-state index contributed by atoms with van der Waals surface area (Å²) in [4.78, 5) is 5.47. The van der Waals surface area contributed by atoms with E-state index in [1.165, 1.54) is 17.7 Å². The highest BCUT2D eigenvalue weighted by Crippen LogP contribution is 2.29. The number of thiazole rings is 1. The van der Waals surface area contributed by atoms with Gasteiger partial charge in [0.2, 0.25) is 0 Å². The fourth-order valence-corrected chi connectivity index (χ4v) is 3.38. The van der Waals surface area contributed by atoms with Crippen LogP contribution in [0.3, 0.4) is 0 Å². The van der Waals surface area contributed by atoms with Gasteiger partial charge in [0.1, 0.15) is 5.01 Å². The van der Waals surface area contributed by atoms with Gasteiger partial charge in [-0.25, -0.2) is 4.98 Å². The van der Waals surface area contributed by atoms with Crippen molar-refractivity contribution >= 4 is 11.3 Å². The molecule has 1 N–H and O–H groups in total. The van der Waals surface area contributed by atoms with Crippen molar-refractivity contribution < 1.29 is 13.2 Å². The topological polar surface area (TPSA) is 24.9 Å². The summed E-state index contributed by atoms with van der Waals surface area (Å²) < 4.78 is 38.2. The summed E-state index contributed by atoms with van der Waals surface area (Å²) in [5, 5.41) is 4.06. The van der Waals surface area contributed by atoms with Gasteiger partial charge in [0.05, 0.1) is 10.4 Å². The number of halogens is 3. The fourth-order valence-electron chi connectivity index (χ4n) is 2.50. The minimum absolute atomic E-state index is 0.364. The number of hydrogen-bond acceptors (Lipinski definition) is 3. The zero-order valence-corrected chi connectivity index (χ0v) is 14.4. The molecule has 0 saturated carbocycles.